The molecule has 11 rings (SSSR count). The maximum Gasteiger partial charge on any atom is 0.222 e. The lowest BCUT2D eigenvalue weighted by Crippen LogP contribution is -2.47. The van der Waals surface area contributed by atoms with Crippen molar-refractivity contribution in [3.8, 4) is 34.5 Å². The minimum atomic E-state index is -0.789. The molecule has 1 amide bonds. The first-order chi connectivity index (χ1) is 57.3. The summed E-state index contributed by atoms with van der Waals surface area (Å²) in [7, 11) is 6.07. The summed E-state index contributed by atoms with van der Waals surface area (Å²) < 4.78 is 39.3. The normalized spacial score (nSPS) is 16.1. The number of piperidine rings is 2. The molecule has 7 aromatic rings. The molecule has 0 bridgehead atoms. The van der Waals surface area contributed by atoms with Crippen LogP contribution in [0.25, 0.3) is 0 Å². The highest BCUT2D eigenvalue weighted by Crippen LogP contribution is 2.34. The molecule has 7 aromatic carbocycles. The molecule has 3 N–H and O–H groups in total. The smallest absolute Gasteiger partial charge is 0.222 e. The van der Waals surface area contributed by atoms with Gasteiger partial charge in [-0.2, -0.15) is 0 Å². The standard InChI is InChI=1S/2C17H27NO.C16H26N2O.C16H23NO2.2C14H22O2.C13H20O2/c1-17(2,3)15-8-5-9-16(11-15)19-13-14-7-6-10-18(4)12-14;1-17(2,3)15-6-5-7-16(12-15)19-13-14-8-10-18(4)11-9-14;1-16(2,3)14-5-4-6-15(13-14)18-9-7-17(8-10-18)11-12-19;1-16(2,3)13-6-8-14(9-7-13)19-12-11-17-10-4-5-15(17)18;1-13(2,3)11-6-8-12(9-7-11)16-10-14(4,5)15;1-13(2,3)11-7-6-8-12(9-11)16-14(4,5)10-15;1-13(2,3)11-5-7-12(8-6-11)15-10-9-14-4/h5,8-9,11,14H,6-7,10,12-13H2,1-4H3;5-7,12,14H,8-11,13H2,1-4H3;4-6,13,19H,7-12H2,1-3H3;6-9H,4-5,10-12H2,1-3H3;2*6-9,15H,10H2,1-5H3;5-8H,9-10H2,1-4H3. The first-order valence-electron chi connectivity index (χ1n) is 45.5. The molecule has 0 radical (unpaired) electrons. The van der Waals surface area contributed by atoms with E-state index in [-0.39, 0.29) is 57.0 Å². The van der Waals surface area contributed by atoms with Gasteiger partial charge in [0.1, 0.15) is 59.9 Å². The number of rotatable bonds is 23. The Bertz CT molecular complexity index is 4090. The first-order valence-corrected chi connectivity index (χ1v) is 45.5. The second kappa shape index (κ2) is 49.4. The van der Waals surface area contributed by atoms with Crippen molar-refractivity contribution in [3.63, 3.8) is 0 Å². The largest absolute Gasteiger partial charge is 0.493 e. The van der Waals surface area contributed by atoms with Crippen LogP contribution in [0.15, 0.2) is 170 Å². The molecule has 123 heavy (non-hydrogen) atoms. The number of piperazine rings is 1. The predicted octanol–water partition coefficient (Wildman–Crippen LogP) is 21.8. The van der Waals surface area contributed by atoms with Crippen molar-refractivity contribution >= 4 is 11.6 Å². The Hall–Kier alpha value is -7.67. The molecule has 4 saturated heterocycles. The fourth-order valence-corrected chi connectivity index (χ4v) is 14.0. The predicted molar refractivity (Wildman–Crippen MR) is 515 cm³/mol. The summed E-state index contributed by atoms with van der Waals surface area (Å²) >= 11 is 0. The van der Waals surface area contributed by atoms with Gasteiger partial charge in [0.05, 0.1) is 45.2 Å². The molecule has 686 valence electrons. The Kier molecular flexibility index (Phi) is 42.6. The molecule has 1 atom stereocenters. The van der Waals surface area contributed by atoms with Crippen molar-refractivity contribution in [1.29, 1.82) is 0 Å². The molecule has 16 nitrogen and oxygen atoms in total. The molecular weight excluding hydrogens is 1530 g/mol. The van der Waals surface area contributed by atoms with Crippen LogP contribution in [0.4, 0.5) is 5.69 Å². The number of anilines is 1. The summed E-state index contributed by atoms with van der Waals surface area (Å²) in [4.78, 5) is 22.9. The Balaban J connectivity index is 0.000000256. The number of aliphatic hydroxyl groups excluding tert-OH is 2. The van der Waals surface area contributed by atoms with Crippen molar-refractivity contribution in [2.45, 2.75) is 261 Å². The fraction of sp³-hybridized carbons (Fsp3) is 0.598. The van der Waals surface area contributed by atoms with Crippen LogP contribution in [0, 0.1) is 11.8 Å². The lowest BCUT2D eigenvalue weighted by atomic mass is 9.87. The average molecular weight is 1700 g/mol. The molecule has 0 aliphatic carbocycles. The summed E-state index contributed by atoms with van der Waals surface area (Å²) in [6.45, 7) is 69.1. The van der Waals surface area contributed by atoms with Gasteiger partial charge < -0.3 is 68.1 Å². The van der Waals surface area contributed by atoms with E-state index in [0.717, 1.165) is 99.3 Å². The Morgan fingerprint density at radius 2 is 0.780 bits per heavy atom. The molecule has 1 unspecified atom stereocenters. The minimum Gasteiger partial charge on any atom is -0.493 e. The maximum absolute atomic E-state index is 11.4. The number of carbonyl (C=O) groups is 1. The average Bonchev–Trinajstić information content (AvgIpc) is 1.49. The number of nitrogens with zero attached hydrogens (tertiary/aromatic N) is 5. The third kappa shape index (κ3) is 41.6. The quantitative estimate of drug-likeness (QED) is 0.0519. The molecule has 0 spiro atoms. The zero-order valence-electron chi connectivity index (χ0n) is 81.8. The van der Waals surface area contributed by atoms with Gasteiger partial charge in [-0.15, -0.1) is 0 Å². The third-order valence-electron chi connectivity index (χ3n) is 22.4. The topological polar surface area (TPSA) is 159 Å². The lowest BCUT2D eigenvalue weighted by molar-refractivity contribution is -0.128. The molecule has 0 aromatic heterocycles. The van der Waals surface area contributed by atoms with Crippen LogP contribution in [-0.2, 0) is 47.4 Å². The van der Waals surface area contributed by atoms with Gasteiger partial charge in [0.2, 0.25) is 5.91 Å². The molecule has 4 fully saturated rings. The summed E-state index contributed by atoms with van der Waals surface area (Å²) in [5.74, 6) is 7.08. The Morgan fingerprint density at radius 1 is 0.374 bits per heavy atom. The van der Waals surface area contributed by atoms with Crippen LogP contribution in [0.1, 0.15) is 251 Å². The van der Waals surface area contributed by atoms with Gasteiger partial charge in [0.15, 0.2) is 0 Å². The van der Waals surface area contributed by atoms with Crippen LogP contribution in [0.2, 0.25) is 0 Å². The third-order valence-corrected chi connectivity index (χ3v) is 22.4. The monoisotopic (exact) mass is 1700 g/mol. The molecule has 4 aliphatic rings. The second-order valence-electron chi connectivity index (χ2n) is 42.4. The number of hydrogen-bond donors (Lipinski definition) is 3. The van der Waals surface area contributed by atoms with Gasteiger partial charge in [0.25, 0.3) is 0 Å². The number of aliphatic hydroxyl groups is 3. The summed E-state index contributed by atoms with van der Waals surface area (Å²) in [6.07, 6.45) is 6.79. The fourth-order valence-electron chi connectivity index (χ4n) is 14.0. The van der Waals surface area contributed by atoms with Crippen LogP contribution < -0.4 is 33.3 Å². The number of hydrogen-bond acceptors (Lipinski definition) is 15. The first kappa shape index (κ1) is 106. The van der Waals surface area contributed by atoms with Crippen molar-refractivity contribution in [3.05, 3.63) is 209 Å². The van der Waals surface area contributed by atoms with Gasteiger partial charge in [0, 0.05) is 70.9 Å². The van der Waals surface area contributed by atoms with Crippen LogP contribution in [-0.4, -0.2) is 198 Å². The van der Waals surface area contributed by atoms with E-state index in [4.69, 9.17) is 43.4 Å². The van der Waals surface area contributed by atoms with E-state index in [0.29, 0.717) is 45.3 Å². The lowest BCUT2D eigenvalue weighted by Gasteiger charge is -2.36. The SMILES string of the molecule is CC(C)(C)c1ccc(OCCN2CCCC2=O)cc1.CC(C)(C)c1cccc(N2CCN(CCO)CC2)c1.CC(C)(CO)Oc1cccc(C(C)(C)C)c1.CC(C)(O)COc1ccc(C(C)(C)C)cc1.CN1CCC(COc2cccc(C(C)(C)C)c2)CC1.CN1CCCC(COc2cccc(C(C)(C)C)c2)C1.COCCOc1ccc(C(C)(C)C)cc1. The maximum atomic E-state index is 11.4. The minimum absolute atomic E-state index is 0.00669. The van der Waals surface area contributed by atoms with E-state index < -0.39 is 11.2 Å². The molecule has 4 aliphatic heterocycles. The van der Waals surface area contributed by atoms with E-state index in [2.05, 4.69) is 294 Å². The molecule has 0 saturated carbocycles. The van der Waals surface area contributed by atoms with E-state index in [1.807, 2.05) is 73.3 Å². The van der Waals surface area contributed by atoms with E-state index >= 15 is 0 Å². The van der Waals surface area contributed by atoms with Gasteiger partial charge in [-0.1, -0.05) is 230 Å². The number of ether oxygens (including phenoxy) is 7. The van der Waals surface area contributed by atoms with Crippen molar-refractivity contribution in [1.82, 2.24) is 19.6 Å². The van der Waals surface area contributed by atoms with Crippen molar-refractivity contribution in [2.24, 2.45) is 11.8 Å². The van der Waals surface area contributed by atoms with Gasteiger partial charge >= 0.3 is 0 Å². The van der Waals surface area contributed by atoms with Crippen LogP contribution >= 0.6 is 0 Å². The van der Waals surface area contributed by atoms with Gasteiger partial charge in [-0.05, 0) is 261 Å². The highest BCUT2D eigenvalue weighted by molar-refractivity contribution is 5.78. The van der Waals surface area contributed by atoms with Crippen LogP contribution in [0.5, 0.6) is 34.5 Å². The summed E-state index contributed by atoms with van der Waals surface area (Å²) in [6, 6.07) is 58.6. The zero-order chi connectivity index (χ0) is 91.6. The van der Waals surface area contributed by atoms with E-state index in [9.17, 15) is 9.90 Å². The highest BCUT2D eigenvalue weighted by Gasteiger charge is 2.27. The highest BCUT2D eigenvalue weighted by atomic mass is 16.5. The van der Waals surface area contributed by atoms with Crippen molar-refractivity contribution in [2.75, 3.05) is 151 Å². The van der Waals surface area contributed by atoms with Crippen molar-refractivity contribution < 1.29 is 53.3 Å². The second-order valence-corrected chi connectivity index (χ2v) is 42.4. The Morgan fingerprint density at radius 3 is 1.18 bits per heavy atom. The number of benzene rings is 7. The molecular formula is C107H167N5O11. The summed E-state index contributed by atoms with van der Waals surface area (Å²) in [5, 5.41) is 27.7. The van der Waals surface area contributed by atoms with E-state index in [1.165, 1.54) is 96.5 Å². The molecule has 16 heteroatoms. The number of likely N-dealkylation sites (tertiary alicyclic amines) is 3. The van der Waals surface area contributed by atoms with E-state index in [1.54, 1.807) is 21.0 Å². The molecule has 4 heterocycles. The van der Waals surface area contributed by atoms with Crippen LogP contribution in [0.3, 0.4) is 0 Å². The number of amides is 1. The number of β-amino-alcohol motifs (C(OH)–C–C–N with tert-alkyl or cyclic N) is 1. The van der Waals surface area contributed by atoms with Gasteiger partial charge in [-0.25, -0.2) is 0 Å². The number of carbonyl (C=O) groups excluding carboxylic acids is 1. The van der Waals surface area contributed by atoms with Gasteiger partial charge in [-0.3, -0.25) is 9.69 Å². The Labute approximate surface area is 747 Å². The zero-order valence-corrected chi connectivity index (χ0v) is 81.8. The summed E-state index contributed by atoms with van der Waals surface area (Å²) in [5.41, 5.74) is 10.4. The number of methoxy groups -OCH3 is 1.